The maximum atomic E-state index is 12.7. The zero-order chi connectivity index (χ0) is 24.2. The summed E-state index contributed by atoms with van der Waals surface area (Å²) in [5.74, 6) is -2.11. The van der Waals surface area contributed by atoms with E-state index in [0.717, 1.165) is 6.07 Å². The molecule has 9 nitrogen and oxygen atoms in total. The number of ether oxygens (including phenoxy) is 1. The number of anilines is 1. The van der Waals surface area contributed by atoms with Gasteiger partial charge >= 0.3 is 5.97 Å². The minimum Gasteiger partial charge on any atom is -0.450 e. The normalized spacial score (nSPS) is 11.5. The molecule has 0 spiro atoms. The van der Waals surface area contributed by atoms with E-state index < -0.39 is 33.9 Å². The van der Waals surface area contributed by atoms with Crippen LogP contribution in [0.3, 0.4) is 0 Å². The quantitative estimate of drug-likeness (QED) is 0.478. The van der Waals surface area contributed by atoms with E-state index in [9.17, 15) is 22.8 Å². The molecule has 0 aliphatic heterocycles. The molecule has 3 aromatic rings. The molecule has 1 heterocycles. The molecular formula is C22H21ClN2O7S. The summed E-state index contributed by atoms with van der Waals surface area (Å²) in [5, 5.41) is 2.83. The van der Waals surface area contributed by atoms with E-state index >= 15 is 0 Å². The number of amides is 1. The number of rotatable bonds is 8. The maximum absolute atomic E-state index is 12.7. The molecule has 3 rings (SSSR count). The summed E-state index contributed by atoms with van der Waals surface area (Å²) >= 11 is 6.09. The number of carbonyl (C=O) groups excluding carboxylic acids is 2. The van der Waals surface area contributed by atoms with Crippen molar-refractivity contribution in [1.29, 1.82) is 0 Å². The van der Waals surface area contributed by atoms with Gasteiger partial charge in [-0.3, -0.25) is 9.59 Å². The molecule has 0 radical (unpaired) electrons. The lowest BCUT2D eigenvalue weighted by atomic mass is 10.2. The SMILES string of the molecule is CCN(CC)S(=O)(=O)c1ccc(Cl)c(NC(=O)COC(=O)c2cc(=O)c3ccccc3o2)c1. The summed E-state index contributed by atoms with van der Waals surface area (Å²) in [5.41, 5.74) is -0.172. The molecular weight excluding hydrogens is 472 g/mol. The van der Waals surface area contributed by atoms with Crippen molar-refractivity contribution in [1.82, 2.24) is 4.31 Å². The standard InChI is InChI=1S/C22H21ClN2O7S/c1-3-25(4-2)33(29,30)14-9-10-16(23)17(11-14)24-21(27)13-31-22(28)20-12-18(26)15-7-5-6-8-19(15)32-20/h5-12H,3-4,13H2,1-2H3,(H,24,27). The first-order valence-corrected chi connectivity index (χ1v) is 11.8. The molecule has 0 aliphatic rings. The van der Waals surface area contributed by atoms with Crippen molar-refractivity contribution in [3.8, 4) is 0 Å². The Kier molecular flexibility index (Phi) is 7.52. The number of hydrogen-bond acceptors (Lipinski definition) is 7. The number of fused-ring (bicyclic) bond motifs is 1. The molecule has 0 saturated heterocycles. The molecule has 0 fully saturated rings. The number of sulfonamides is 1. The third-order valence-electron chi connectivity index (χ3n) is 4.73. The molecule has 0 atom stereocenters. The van der Waals surface area contributed by atoms with Crippen LogP contribution in [0.1, 0.15) is 24.4 Å². The van der Waals surface area contributed by atoms with E-state index in [0.29, 0.717) is 5.39 Å². The first-order chi connectivity index (χ1) is 15.7. The van der Waals surface area contributed by atoms with Crippen LogP contribution in [0.25, 0.3) is 11.0 Å². The van der Waals surface area contributed by atoms with E-state index in [-0.39, 0.29) is 40.0 Å². The van der Waals surface area contributed by atoms with Gasteiger partial charge in [0.2, 0.25) is 15.8 Å². The second-order valence-corrected chi connectivity index (χ2v) is 9.17. The first-order valence-electron chi connectivity index (χ1n) is 9.97. The Hall–Kier alpha value is -3.21. The number of nitrogens with zero attached hydrogens (tertiary/aromatic N) is 1. The highest BCUT2D eigenvalue weighted by Gasteiger charge is 2.23. The van der Waals surface area contributed by atoms with Crippen LogP contribution >= 0.6 is 11.6 Å². The lowest BCUT2D eigenvalue weighted by Crippen LogP contribution is -2.30. The van der Waals surface area contributed by atoms with Gasteiger partial charge in [0.1, 0.15) is 5.58 Å². The molecule has 1 N–H and O–H groups in total. The number of hydrogen-bond donors (Lipinski definition) is 1. The molecule has 1 amide bonds. The van der Waals surface area contributed by atoms with Gasteiger partial charge in [-0.25, -0.2) is 13.2 Å². The van der Waals surface area contributed by atoms with Crippen molar-refractivity contribution < 1.29 is 27.2 Å². The van der Waals surface area contributed by atoms with Gasteiger partial charge in [0.05, 0.1) is 21.0 Å². The van der Waals surface area contributed by atoms with E-state index in [4.69, 9.17) is 20.8 Å². The molecule has 174 valence electrons. The van der Waals surface area contributed by atoms with Crippen LogP contribution in [-0.4, -0.2) is 44.3 Å². The van der Waals surface area contributed by atoms with E-state index in [2.05, 4.69) is 5.32 Å². The van der Waals surface area contributed by atoms with Crippen molar-refractivity contribution in [2.45, 2.75) is 18.7 Å². The summed E-state index contributed by atoms with van der Waals surface area (Å²) in [7, 11) is -3.76. The van der Waals surface area contributed by atoms with Crippen LogP contribution in [0.5, 0.6) is 0 Å². The first kappa shape index (κ1) is 24.4. The molecule has 0 saturated carbocycles. The van der Waals surface area contributed by atoms with Gasteiger partial charge in [-0.15, -0.1) is 0 Å². The van der Waals surface area contributed by atoms with E-state index in [1.165, 1.54) is 28.6 Å². The van der Waals surface area contributed by atoms with Crippen molar-refractivity contribution in [2.75, 3.05) is 25.0 Å². The maximum Gasteiger partial charge on any atom is 0.374 e. The Morgan fingerprint density at radius 2 is 1.79 bits per heavy atom. The molecule has 1 aromatic heterocycles. The highest BCUT2D eigenvalue weighted by Crippen LogP contribution is 2.27. The number of halogens is 1. The lowest BCUT2D eigenvalue weighted by Gasteiger charge is -2.19. The van der Waals surface area contributed by atoms with Crippen molar-refractivity contribution >= 4 is 50.2 Å². The van der Waals surface area contributed by atoms with Crippen LogP contribution < -0.4 is 10.7 Å². The van der Waals surface area contributed by atoms with Gasteiger partial charge in [0, 0.05) is 19.2 Å². The minimum atomic E-state index is -3.76. The predicted molar refractivity (Wildman–Crippen MR) is 123 cm³/mol. The Labute approximate surface area is 195 Å². The van der Waals surface area contributed by atoms with Crippen molar-refractivity contribution in [3.63, 3.8) is 0 Å². The van der Waals surface area contributed by atoms with Crippen LogP contribution in [-0.2, 0) is 19.6 Å². The number of carbonyl (C=O) groups is 2. The van der Waals surface area contributed by atoms with Gasteiger partial charge in [0.25, 0.3) is 5.91 Å². The average Bonchev–Trinajstić information content (AvgIpc) is 2.79. The number of esters is 1. The zero-order valence-corrected chi connectivity index (χ0v) is 19.4. The molecule has 11 heteroatoms. The Morgan fingerprint density at radius 3 is 2.48 bits per heavy atom. The fraction of sp³-hybridized carbons (Fsp3) is 0.227. The predicted octanol–water partition coefficient (Wildman–Crippen LogP) is 3.27. The number of nitrogens with one attached hydrogen (secondary N) is 1. The smallest absolute Gasteiger partial charge is 0.374 e. The van der Waals surface area contributed by atoms with Crippen molar-refractivity contribution in [3.05, 3.63) is 69.5 Å². The third kappa shape index (κ3) is 5.41. The van der Waals surface area contributed by atoms with Crippen molar-refractivity contribution in [2.24, 2.45) is 0 Å². The molecule has 0 bridgehead atoms. The highest BCUT2D eigenvalue weighted by atomic mass is 35.5. The van der Waals surface area contributed by atoms with Gasteiger partial charge in [0.15, 0.2) is 12.0 Å². The van der Waals surface area contributed by atoms with E-state index in [1.54, 1.807) is 32.0 Å². The van der Waals surface area contributed by atoms with Gasteiger partial charge < -0.3 is 14.5 Å². The van der Waals surface area contributed by atoms with Gasteiger partial charge in [-0.05, 0) is 30.3 Å². The fourth-order valence-corrected chi connectivity index (χ4v) is 4.72. The van der Waals surface area contributed by atoms with Crippen LogP contribution in [0.15, 0.2) is 62.6 Å². The summed E-state index contributed by atoms with van der Waals surface area (Å²) < 4.78 is 37.0. The zero-order valence-electron chi connectivity index (χ0n) is 17.8. The molecule has 2 aromatic carbocycles. The second kappa shape index (κ2) is 10.2. The molecule has 33 heavy (non-hydrogen) atoms. The third-order valence-corrected chi connectivity index (χ3v) is 7.10. The fourth-order valence-electron chi connectivity index (χ4n) is 3.07. The Bertz CT molecular complexity index is 1360. The summed E-state index contributed by atoms with van der Waals surface area (Å²) in [6, 6.07) is 11.3. The average molecular weight is 493 g/mol. The Balaban J connectivity index is 1.71. The largest absolute Gasteiger partial charge is 0.450 e. The highest BCUT2D eigenvalue weighted by molar-refractivity contribution is 7.89. The second-order valence-electron chi connectivity index (χ2n) is 6.83. The molecule has 0 aliphatic carbocycles. The summed E-state index contributed by atoms with van der Waals surface area (Å²) in [6.07, 6.45) is 0. The van der Waals surface area contributed by atoms with Crippen LogP contribution in [0, 0.1) is 0 Å². The topological polar surface area (TPSA) is 123 Å². The summed E-state index contributed by atoms with van der Waals surface area (Å²) in [4.78, 5) is 36.6. The van der Waals surface area contributed by atoms with Gasteiger partial charge in [-0.2, -0.15) is 4.31 Å². The lowest BCUT2D eigenvalue weighted by molar-refractivity contribution is -0.119. The number of benzene rings is 2. The van der Waals surface area contributed by atoms with Crippen LogP contribution in [0.4, 0.5) is 5.69 Å². The van der Waals surface area contributed by atoms with Crippen LogP contribution in [0.2, 0.25) is 5.02 Å². The Morgan fingerprint density at radius 1 is 1.09 bits per heavy atom. The van der Waals surface area contributed by atoms with Gasteiger partial charge in [-0.1, -0.05) is 37.6 Å². The van der Waals surface area contributed by atoms with E-state index in [1.807, 2.05) is 0 Å². The minimum absolute atomic E-state index is 0.0409. The molecule has 0 unspecified atom stereocenters. The summed E-state index contributed by atoms with van der Waals surface area (Å²) in [6.45, 7) is 3.28. The monoisotopic (exact) mass is 492 g/mol. The number of para-hydroxylation sites is 1.